The number of carbonyl (C=O) groups is 1. The lowest BCUT2D eigenvalue weighted by atomic mass is 10.2. The Kier molecular flexibility index (Phi) is 2.94. The SMILES string of the molecule is O=C(c1cscn1)N1CCCC1c1cccs1. The number of thiazole rings is 1. The molecule has 3 rings (SSSR count). The summed E-state index contributed by atoms with van der Waals surface area (Å²) in [5.74, 6) is 0.0714. The molecule has 0 radical (unpaired) electrons. The van der Waals surface area contributed by atoms with Crippen molar-refractivity contribution in [3.8, 4) is 0 Å². The Balaban J connectivity index is 1.85. The van der Waals surface area contributed by atoms with E-state index < -0.39 is 0 Å². The highest BCUT2D eigenvalue weighted by Gasteiger charge is 2.31. The van der Waals surface area contributed by atoms with E-state index >= 15 is 0 Å². The quantitative estimate of drug-likeness (QED) is 0.834. The molecule has 2 aromatic heterocycles. The van der Waals surface area contributed by atoms with E-state index in [0.29, 0.717) is 5.69 Å². The maximum Gasteiger partial charge on any atom is 0.273 e. The molecule has 0 aromatic carbocycles. The molecule has 3 nitrogen and oxygen atoms in total. The second kappa shape index (κ2) is 4.58. The molecule has 0 saturated carbocycles. The van der Waals surface area contributed by atoms with Crippen molar-refractivity contribution in [3.63, 3.8) is 0 Å². The standard InChI is InChI=1S/C12H12N2OS2/c15-12(9-7-16-8-13-9)14-5-1-3-10(14)11-4-2-6-17-11/h2,4,6-8,10H,1,3,5H2. The van der Waals surface area contributed by atoms with Gasteiger partial charge in [0.25, 0.3) is 5.91 Å². The summed E-state index contributed by atoms with van der Waals surface area (Å²) in [5, 5.41) is 3.89. The van der Waals surface area contributed by atoms with Crippen LogP contribution in [0.4, 0.5) is 0 Å². The third kappa shape index (κ3) is 2.00. The van der Waals surface area contributed by atoms with Gasteiger partial charge in [0, 0.05) is 16.8 Å². The Labute approximate surface area is 108 Å². The smallest absolute Gasteiger partial charge is 0.273 e. The Hall–Kier alpha value is -1.20. The number of likely N-dealkylation sites (tertiary alicyclic amines) is 1. The molecule has 1 aliphatic heterocycles. The summed E-state index contributed by atoms with van der Waals surface area (Å²) in [6, 6.07) is 4.41. The van der Waals surface area contributed by atoms with Gasteiger partial charge in [0.05, 0.1) is 11.6 Å². The molecule has 1 fully saturated rings. The molecule has 0 bridgehead atoms. The number of rotatable bonds is 2. The van der Waals surface area contributed by atoms with Crippen LogP contribution in [0.25, 0.3) is 0 Å². The van der Waals surface area contributed by atoms with Gasteiger partial charge in [0.1, 0.15) is 5.69 Å². The van der Waals surface area contributed by atoms with Crippen molar-refractivity contribution in [3.05, 3.63) is 39.0 Å². The number of thiophene rings is 1. The van der Waals surface area contributed by atoms with Crippen LogP contribution in [0.1, 0.15) is 34.2 Å². The highest BCUT2D eigenvalue weighted by molar-refractivity contribution is 7.10. The average Bonchev–Trinajstić information content (AvgIpc) is 3.09. The minimum atomic E-state index is 0.0714. The van der Waals surface area contributed by atoms with Gasteiger partial charge in [-0.1, -0.05) is 6.07 Å². The molecule has 0 aliphatic carbocycles. The van der Waals surface area contributed by atoms with E-state index in [1.54, 1.807) is 16.8 Å². The molecule has 88 valence electrons. The lowest BCUT2D eigenvalue weighted by Crippen LogP contribution is -2.30. The van der Waals surface area contributed by atoms with E-state index in [1.807, 2.05) is 16.3 Å². The molecular formula is C12H12N2OS2. The molecule has 1 amide bonds. The van der Waals surface area contributed by atoms with E-state index in [4.69, 9.17) is 0 Å². The van der Waals surface area contributed by atoms with Crippen molar-refractivity contribution in [2.75, 3.05) is 6.54 Å². The van der Waals surface area contributed by atoms with Gasteiger partial charge in [-0.3, -0.25) is 4.79 Å². The van der Waals surface area contributed by atoms with Crippen LogP contribution < -0.4 is 0 Å². The minimum absolute atomic E-state index is 0.0714. The van der Waals surface area contributed by atoms with Gasteiger partial charge >= 0.3 is 0 Å². The van der Waals surface area contributed by atoms with E-state index in [1.165, 1.54) is 16.2 Å². The van der Waals surface area contributed by atoms with Crippen molar-refractivity contribution in [2.45, 2.75) is 18.9 Å². The maximum atomic E-state index is 12.3. The Morgan fingerprint density at radius 1 is 1.53 bits per heavy atom. The molecule has 3 heterocycles. The van der Waals surface area contributed by atoms with E-state index in [0.717, 1.165) is 19.4 Å². The summed E-state index contributed by atoms with van der Waals surface area (Å²) >= 11 is 3.20. The number of aromatic nitrogens is 1. The number of amides is 1. The normalized spacial score (nSPS) is 19.8. The molecular weight excluding hydrogens is 252 g/mol. The molecule has 0 N–H and O–H groups in total. The summed E-state index contributed by atoms with van der Waals surface area (Å²) in [6.45, 7) is 0.846. The third-order valence-electron chi connectivity index (χ3n) is 3.04. The van der Waals surface area contributed by atoms with Crippen LogP contribution >= 0.6 is 22.7 Å². The molecule has 0 spiro atoms. The van der Waals surface area contributed by atoms with Crippen LogP contribution in [-0.4, -0.2) is 22.3 Å². The summed E-state index contributed by atoms with van der Waals surface area (Å²) in [7, 11) is 0. The second-order valence-corrected chi connectivity index (χ2v) is 5.74. The van der Waals surface area contributed by atoms with E-state index in [-0.39, 0.29) is 11.9 Å². The fourth-order valence-corrected chi connectivity index (χ4v) is 3.65. The predicted octanol–water partition coefficient (Wildman–Crippen LogP) is 3.18. The molecule has 5 heteroatoms. The number of carbonyl (C=O) groups excluding carboxylic acids is 1. The first-order chi connectivity index (χ1) is 8.36. The Morgan fingerprint density at radius 3 is 3.18 bits per heavy atom. The molecule has 2 aromatic rings. The van der Waals surface area contributed by atoms with Gasteiger partial charge in [0.15, 0.2) is 0 Å². The second-order valence-electron chi connectivity index (χ2n) is 4.05. The van der Waals surface area contributed by atoms with Gasteiger partial charge < -0.3 is 4.90 Å². The third-order valence-corrected chi connectivity index (χ3v) is 4.60. The van der Waals surface area contributed by atoms with E-state index in [9.17, 15) is 4.79 Å². The zero-order valence-electron chi connectivity index (χ0n) is 9.20. The average molecular weight is 264 g/mol. The van der Waals surface area contributed by atoms with Crippen LogP contribution in [0.3, 0.4) is 0 Å². The summed E-state index contributed by atoms with van der Waals surface area (Å²) < 4.78 is 0. The van der Waals surface area contributed by atoms with Crippen molar-refractivity contribution in [2.24, 2.45) is 0 Å². The fourth-order valence-electron chi connectivity index (χ4n) is 2.25. The Bertz CT molecular complexity index is 493. The van der Waals surface area contributed by atoms with Gasteiger partial charge in [-0.25, -0.2) is 4.98 Å². The highest BCUT2D eigenvalue weighted by Crippen LogP contribution is 2.35. The lowest BCUT2D eigenvalue weighted by Gasteiger charge is -2.22. The monoisotopic (exact) mass is 264 g/mol. The van der Waals surface area contributed by atoms with Crippen molar-refractivity contribution < 1.29 is 4.79 Å². The predicted molar refractivity (Wildman–Crippen MR) is 69.4 cm³/mol. The molecule has 1 unspecified atom stereocenters. The Morgan fingerprint density at radius 2 is 2.47 bits per heavy atom. The highest BCUT2D eigenvalue weighted by atomic mass is 32.1. The van der Waals surface area contributed by atoms with Crippen LogP contribution in [-0.2, 0) is 0 Å². The zero-order chi connectivity index (χ0) is 11.7. The first kappa shape index (κ1) is 10.9. The van der Waals surface area contributed by atoms with Crippen LogP contribution in [0.15, 0.2) is 28.4 Å². The number of nitrogens with zero attached hydrogens (tertiary/aromatic N) is 2. The van der Waals surface area contributed by atoms with Gasteiger partial charge in [-0.05, 0) is 24.3 Å². The maximum absolute atomic E-state index is 12.3. The van der Waals surface area contributed by atoms with Crippen LogP contribution in [0.2, 0.25) is 0 Å². The first-order valence-corrected chi connectivity index (χ1v) is 7.41. The fraction of sp³-hybridized carbons (Fsp3) is 0.333. The van der Waals surface area contributed by atoms with Gasteiger partial charge in [-0.2, -0.15) is 0 Å². The summed E-state index contributed by atoms with van der Waals surface area (Å²) in [4.78, 5) is 19.6. The summed E-state index contributed by atoms with van der Waals surface area (Å²) in [6.07, 6.45) is 2.15. The topological polar surface area (TPSA) is 33.2 Å². The van der Waals surface area contributed by atoms with Gasteiger partial charge in [0.2, 0.25) is 0 Å². The van der Waals surface area contributed by atoms with Crippen molar-refractivity contribution >= 4 is 28.6 Å². The molecule has 1 aliphatic rings. The molecule has 1 saturated heterocycles. The number of hydrogen-bond acceptors (Lipinski definition) is 4. The lowest BCUT2D eigenvalue weighted by molar-refractivity contribution is 0.0732. The van der Waals surface area contributed by atoms with Crippen LogP contribution in [0, 0.1) is 0 Å². The first-order valence-electron chi connectivity index (χ1n) is 5.59. The largest absolute Gasteiger partial charge is 0.329 e. The molecule has 17 heavy (non-hydrogen) atoms. The molecule has 1 atom stereocenters. The minimum Gasteiger partial charge on any atom is -0.329 e. The van der Waals surface area contributed by atoms with Crippen LogP contribution in [0.5, 0.6) is 0 Å². The zero-order valence-corrected chi connectivity index (χ0v) is 10.8. The summed E-state index contributed by atoms with van der Waals surface area (Å²) in [5.41, 5.74) is 2.29. The number of hydrogen-bond donors (Lipinski definition) is 0. The van der Waals surface area contributed by atoms with E-state index in [2.05, 4.69) is 16.4 Å². The van der Waals surface area contributed by atoms with Crippen molar-refractivity contribution in [1.29, 1.82) is 0 Å². The van der Waals surface area contributed by atoms with Gasteiger partial charge in [-0.15, -0.1) is 22.7 Å². The van der Waals surface area contributed by atoms with Crippen molar-refractivity contribution in [1.82, 2.24) is 9.88 Å².